The van der Waals surface area contributed by atoms with Crippen molar-refractivity contribution in [2.24, 2.45) is 5.92 Å². The fourth-order valence-electron chi connectivity index (χ4n) is 2.78. The number of anilines is 1. The van der Waals surface area contributed by atoms with Crippen molar-refractivity contribution in [1.29, 1.82) is 0 Å². The average Bonchev–Trinajstić information content (AvgIpc) is 2.64. The van der Waals surface area contributed by atoms with Gasteiger partial charge in [0.2, 0.25) is 0 Å². The van der Waals surface area contributed by atoms with Gasteiger partial charge in [-0.25, -0.2) is 4.79 Å². The molecule has 19 heavy (non-hydrogen) atoms. The summed E-state index contributed by atoms with van der Waals surface area (Å²) in [6, 6.07) is 6.73. The number of nitrogens with one attached hydrogen (secondary N) is 1. The molecule has 2 rings (SSSR count). The molecule has 4 heteroatoms. The summed E-state index contributed by atoms with van der Waals surface area (Å²) in [5.41, 5.74) is 0.782. The molecule has 1 aliphatic carbocycles. The third-order valence-electron chi connectivity index (χ3n) is 3.78. The second-order valence-corrected chi connectivity index (χ2v) is 5.66. The van der Waals surface area contributed by atoms with Crippen LogP contribution in [-0.4, -0.2) is 17.1 Å². The fourth-order valence-corrected chi connectivity index (χ4v) is 2.97. The Kier molecular flexibility index (Phi) is 5.08. The van der Waals surface area contributed by atoms with Crippen molar-refractivity contribution in [1.82, 2.24) is 0 Å². The van der Waals surface area contributed by atoms with Crippen molar-refractivity contribution >= 4 is 23.3 Å². The lowest BCUT2D eigenvalue weighted by Gasteiger charge is -2.24. The van der Waals surface area contributed by atoms with Crippen LogP contribution in [0.1, 0.15) is 38.5 Å². The van der Waals surface area contributed by atoms with Crippen LogP contribution < -0.4 is 5.32 Å². The maximum atomic E-state index is 11.5. The minimum atomic E-state index is -0.771. The number of benzene rings is 1. The molecule has 1 unspecified atom stereocenters. The highest BCUT2D eigenvalue weighted by atomic mass is 35.5. The van der Waals surface area contributed by atoms with Crippen LogP contribution in [0.5, 0.6) is 0 Å². The van der Waals surface area contributed by atoms with Gasteiger partial charge >= 0.3 is 5.97 Å². The number of halogens is 1. The quantitative estimate of drug-likeness (QED) is 0.814. The van der Waals surface area contributed by atoms with E-state index in [1.807, 2.05) is 12.1 Å². The number of carbonyl (C=O) groups is 1. The van der Waals surface area contributed by atoms with Gasteiger partial charge in [-0.15, -0.1) is 0 Å². The SMILES string of the molecule is O=C(O)C(Nc1cccc(Cl)c1)C1CCCCCC1. The smallest absolute Gasteiger partial charge is 0.326 e. The Balaban J connectivity index is 2.09. The zero-order valence-corrected chi connectivity index (χ0v) is 11.7. The van der Waals surface area contributed by atoms with Crippen LogP contribution >= 0.6 is 11.6 Å². The minimum Gasteiger partial charge on any atom is -0.480 e. The van der Waals surface area contributed by atoms with Gasteiger partial charge in [0.1, 0.15) is 6.04 Å². The van der Waals surface area contributed by atoms with Gasteiger partial charge in [0.25, 0.3) is 0 Å². The summed E-state index contributed by atoms with van der Waals surface area (Å²) >= 11 is 5.93. The van der Waals surface area contributed by atoms with Gasteiger partial charge in [-0.05, 0) is 37.0 Å². The molecule has 0 aliphatic heterocycles. The first-order chi connectivity index (χ1) is 9.16. The van der Waals surface area contributed by atoms with Gasteiger partial charge in [0.15, 0.2) is 0 Å². The van der Waals surface area contributed by atoms with Gasteiger partial charge in [-0.3, -0.25) is 0 Å². The minimum absolute atomic E-state index is 0.207. The Hall–Kier alpha value is -1.22. The Labute approximate surface area is 119 Å². The Morgan fingerprint density at radius 2 is 1.95 bits per heavy atom. The van der Waals surface area contributed by atoms with Crippen molar-refractivity contribution in [3.63, 3.8) is 0 Å². The molecular formula is C15H20ClNO2. The van der Waals surface area contributed by atoms with E-state index in [-0.39, 0.29) is 5.92 Å². The molecule has 0 radical (unpaired) electrons. The van der Waals surface area contributed by atoms with Crippen LogP contribution in [0.25, 0.3) is 0 Å². The van der Waals surface area contributed by atoms with Gasteiger partial charge < -0.3 is 10.4 Å². The summed E-state index contributed by atoms with van der Waals surface area (Å²) in [4.78, 5) is 11.5. The summed E-state index contributed by atoms with van der Waals surface area (Å²) in [5.74, 6) is -0.564. The predicted molar refractivity (Wildman–Crippen MR) is 77.7 cm³/mol. The van der Waals surface area contributed by atoms with E-state index < -0.39 is 12.0 Å². The topological polar surface area (TPSA) is 49.3 Å². The monoisotopic (exact) mass is 281 g/mol. The molecular weight excluding hydrogens is 262 g/mol. The molecule has 104 valence electrons. The zero-order chi connectivity index (χ0) is 13.7. The largest absolute Gasteiger partial charge is 0.480 e. The lowest BCUT2D eigenvalue weighted by molar-refractivity contribution is -0.139. The number of carboxylic acids is 1. The number of carboxylic acid groups (broad SMARTS) is 1. The molecule has 0 aromatic heterocycles. The average molecular weight is 282 g/mol. The Bertz CT molecular complexity index is 428. The van der Waals surface area contributed by atoms with Gasteiger partial charge in [-0.2, -0.15) is 0 Å². The van der Waals surface area contributed by atoms with Crippen LogP contribution in [0.2, 0.25) is 5.02 Å². The van der Waals surface area contributed by atoms with E-state index >= 15 is 0 Å². The molecule has 0 amide bonds. The highest BCUT2D eigenvalue weighted by molar-refractivity contribution is 6.30. The van der Waals surface area contributed by atoms with Crippen molar-refractivity contribution in [3.8, 4) is 0 Å². The Morgan fingerprint density at radius 3 is 2.53 bits per heavy atom. The van der Waals surface area contributed by atoms with Crippen LogP contribution in [-0.2, 0) is 4.79 Å². The third-order valence-corrected chi connectivity index (χ3v) is 4.02. The zero-order valence-electron chi connectivity index (χ0n) is 10.9. The second-order valence-electron chi connectivity index (χ2n) is 5.22. The molecule has 0 bridgehead atoms. The first kappa shape index (κ1) is 14.2. The molecule has 0 spiro atoms. The second kappa shape index (κ2) is 6.80. The van der Waals surface area contributed by atoms with E-state index in [4.69, 9.17) is 11.6 Å². The van der Waals surface area contributed by atoms with Crippen LogP contribution in [0.15, 0.2) is 24.3 Å². The van der Waals surface area contributed by atoms with Crippen molar-refractivity contribution in [3.05, 3.63) is 29.3 Å². The highest BCUT2D eigenvalue weighted by Gasteiger charge is 2.28. The highest BCUT2D eigenvalue weighted by Crippen LogP contribution is 2.28. The van der Waals surface area contributed by atoms with Gasteiger partial charge in [0.05, 0.1) is 0 Å². The summed E-state index contributed by atoms with van der Waals surface area (Å²) in [5, 5.41) is 13.2. The van der Waals surface area contributed by atoms with Crippen molar-refractivity contribution in [2.45, 2.75) is 44.6 Å². The summed E-state index contributed by atoms with van der Waals surface area (Å²) in [6.45, 7) is 0. The van der Waals surface area contributed by atoms with E-state index in [1.54, 1.807) is 12.1 Å². The predicted octanol–water partition coefficient (Wildman–Crippen LogP) is 4.18. The van der Waals surface area contributed by atoms with Crippen molar-refractivity contribution in [2.75, 3.05) is 5.32 Å². The lowest BCUT2D eigenvalue weighted by Crippen LogP contribution is -2.36. The van der Waals surface area contributed by atoms with E-state index in [0.717, 1.165) is 31.4 Å². The number of aliphatic carboxylic acids is 1. The number of hydrogen-bond acceptors (Lipinski definition) is 2. The molecule has 1 aliphatic rings. The number of hydrogen-bond donors (Lipinski definition) is 2. The van der Waals surface area contributed by atoms with Crippen LogP contribution in [0.3, 0.4) is 0 Å². The first-order valence-electron chi connectivity index (χ1n) is 6.92. The Morgan fingerprint density at radius 1 is 1.26 bits per heavy atom. The van der Waals surface area contributed by atoms with Gasteiger partial charge in [-0.1, -0.05) is 43.4 Å². The molecule has 1 atom stereocenters. The summed E-state index contributed by atoms with van der Waals surface area (Å²) < 4.78 is 0. The maximum absolute atomic E-state index is 11.5. The normalized spacial score (nSPS) is 18.6. The molecule has 0 saturated heterocycles. The molecule has 1 aromatic rings. The fraction of sp³-hybridized carbons (Fsp3) is 0.533. The van der Waals surface area contributed by atoms with E-state index in [1.165, 1.54) is 12.8 Å². The molecule has 2 N–H and O–H groups in total. The lowest BCUT2D eigenvalue weighted by atomic mass is 9.91. The van der Waals surface area contributed by atoms with E-state index in [0.29, 0.717) is 5.02 Å². The molecule has 1 fully saturated rings. The number of rotatable bonds is 4. The molecule has 0 heterocycles. The third kappa shape index (κ3) is 4.13. The maximum Gasteiger partial charge on any atom is 0.326 e. The van der Waals surface area contributed by atoms with Crippen molar-refractivity contribution < 1.29 is 9.90 Å². The standard InChI is InChI=1S/C15H20ClNO2/c16-12-8-5-9-13(10-12)17-14(15(18)19)11-6-3-1-2-4-7-11/h5,8-11,14,17H,1-4,6-7H2,(H,18,19). The van der Waals surface area contributed by atoms with E-state index in [9.17, 15) is 9.90 Å². The molecule has 1 aromatic carbocycles. The van der Waals surface area contributed by atoms with Crippen LogP contribution in [0, 0.1) is 5.92 Å². The first-order valence-corrected chi connectivity index (χ1v) is 7.29. The van der Waals surface area contributed by atoms with E-state index in [2.05, 4.69) is 5.32 Å². The molecule has 1 saturated carbocycles. The summed E-state index contributed by atoms with van der Waals surface area (Å²) in [6.07, 6.45) is 6.69. The van der Waals surface area contributed by atoms with Gasteiger partial charge in [0, 0.05) is 10.7 Å². The van der Waals surface area contributed by atoms with Crippen LogP contribution in [0.4, 0.5) is 5.69 Å². The molecule has 3 nitrogen and oxygen atoms in total. The summed E-state index contributed by atoms with van der Waals surface area (Å²) in [7, 11) is 0.